The Hall–Kier alpha value is -3.33. The topological polar surface area (TPSA) is 38.7 Å². The van der Waals surface area contributed by atoms with Crippen molar-refractivity contribution in [2.45, 2.75) is 78.6 Å². The molecule has 0 aliphatic carbocycles. The van der Waals surface area contributed by atoms with Crippen molar-refractivity contribution in [2.75, 3.05) is 0 Å². The van der Waals surface area contributed by atoms with Crippen molar-refractivity contribution in [3.8, 4) is 34.2 Å². The van der Waals surface area contributed by atoms with Gasteiger partial charge in [0.05, 0.1) is 0 Å². The van der Waals surface area contributed by atoms with E-state index in [2.05, 4.69) is 93.6 Å². The molecule has 0 atom stereocenters. The van der Waals surface area contributed by atoms with Crippen molar-refractivity contribution in [1.82, 2.24) is 15.0 Å². The second-order valence-corrected chi connectivity index (χ2v) is 9.71. The lowest BCUT2D eigenvalue weighted by Crippen LogP contribution is -2.00. The summed E-state index contributed by atoms with van der Waals surface area (Å²) >= 11 is 0. The third-order valence-electron chi connectivity index (χ3n) is 6.73. The van der Waals surface area contributed by atoms with E-state index >= 15 is 0 Å². The van der Waals surface area contributed by atoms with Crippen molar-refractivity contribution in [1.29, 1.82) is 0 Å². The number of unbranched alkanes of at least 4 members (excludes halogenated alkanes) is 3. The van der Waals surface area contributed by atoms with Crippen LogP contribution in [0, 0.1) is 0 Å². The van der Waals surface area contributed by atoms with Crippen LogP contribution in [0.3, 0.4) is 0 Å². The Kier molecular flexibility index (Phi) is 9.38. The zero-order chi connectivity index (χ0) is 25.2. The Labute approximate surface area is 217 Å². The van der Waals surface area contributed by atoms with Crippen LogP contribution in [-0.4, -0.2) is 15.0 Å². The molecule has 3 heteroatoms. The first kappa shape index (κ1) is 25.8. The molecule has 3 nitrogen and oxygen atoms in total. The number of hydrogen-bond donors (Lipinski definition) is 0. The van der Waals surface area contributed by atoms with Gasteiger partial charge in [0, 0.05) is 16.7 Å². The third-order valence-corrected chi connectivity index (χ3v) is 6.73. The van der Waals surface area contributed by atoms with Gasteiger partial charge in [-0.1, -0.05) is 113 Å². The average Bonchev–Trinajstić information content (AvgIpc) is 2.94. The predicted octanol–water partition coefficient (Wildman–Crippen LogP) is 8.90. The van der Waals surface area contributed by atoms with Gasteiger partial charge < -0.3 is 0 Å². The molecule has 0 fully saturated rings. The van der Waals surface area contributed by atoms with Gasteiger partial charge in [-0.15, -0.1) is 0 Å². The van der Waals surface area contributed by atoms with Gasteiger partial charge in [0.15, 0.2) is 17.5 Å². The van der Waals surface area contributed by atoms with E-state index < -0.39 is 0 Å². The summed E-state index contributed by atoms with van der Waals surface area (Å²) in [5, 5.41) is 0. The fourth-order valence-electron chi connectivity index (χ4n) is 4.37. The maximum absolute atomic E-state index is 4.92. The molecule has 0 aliphatic rings. The molecule has 4 rings (SSSR count). The summed E-state index contributed by atoms with van der Waals surface area (Å²) in [6.07, 6.45) is 10.6. The molecule has 4 aromatic rings. The van der Waals surface area contributed by atoms with Gasteiger partial charge in [-0.25, -0.2) is 15.0 Å². The van der Waals surface area contributed by atoms with E-state index in [-0.39, 0.29) is 0 Å². The van der Waals surface area contributed by atoms with Crippen LogP contribution in [0.1, 0.15) is 76.0 Å². The summed E-state index contributed by atoms with van der Waals surface area (Å²) in [5.41, 5.74) is 7.17. The fourth-order valence-corrected chi connectivity index (χ4v) is 4.37. The molecule has 186 valence electrons. The summed E-state index contributed by atoms with van der Waals surface area (Å²) in [6, 6.07) is 26.1. The molecule has 0 spiro atoms. The van der Waals surface area contributed by atoms with Crippen LogP contribution in [0.15, 0.2) is 72.8 Å². The average molecular weight is 478 g/mol. The summed E-state index contributed by atoms with van der Waals surface area (Å²) in [4.78, 5) is 14.8. The number of hydrogen-bond acceptors (Lipinski definition) is 3. The first-order valence-corrected chi connectivity index (χ1v) is 13.7. The van der Waals surface area contributed by atoms with Gasteiger partial charge in [-0.3, -0.25) is 0 Å². The minimum atomic E-state index is 0.724. The van der Waals surface area contributed by atoms with Crippen LogP contribution in [0.5, 0.6) is 0 Å². The van der Waals surface area contributed by atoms with Crippen LogP contribution >= 0.6 is 0 Å². The van der Waals surface area contributed by atoms with E-state index in [0.717, 1.165) is 53.4 Å². The minimum Gasteiger partial charge on any atom is -0.208 e. The third kappa shape index (κ3) is 6.87. The second kappa shape index (κ2) is 13.1. The maximum atomic E-state index is 4.92. The highest BCUT2D eigenvalue weighted by molar-refractivity contribution is 5.66. The van der Waals surface area contributed by atoms with Gasteiger partial charge >= 0.3 is 0 Å². The van der Waals surface area contributed by atoms with E-state index in [9.17, 15) is 0 Å². The van der Waals surface area contributed by atoms with Crippen LogP contribution in [0.2, 0.25) is 0 Å². The molecule has 0 saturated heterocycles. The Bertz CT molecular complexity index is 1040. The zero-order valence-electron chi connectivity index (χ0n) is 22.1. The maximum Gasteiger partial charge on any atom is 0.164 e. The normalized spacial score (nSPS) is 11.1. The highest BCUT2D eigenvalue weighted by Crippen LogP contribution is 2.26. The van der Waals surface area contributed by atoms with Crippen molar-refractivity contribution < 1.29 is 0 Å². The quantitative estimate of drug-likeness (QED) is 0.204. The highest BCUT2D eigenvalue weighted by Gasteiger charge is 2.13. The molecule has 0 N–H and O–H groups in total. The first-order chi connectivity index (χ1) is 17.7. The largest absolute Gasteiger partial charge is 0.208 e. The van der Waals surface area contributed by atoms with Crippen LogP contribution in [-0.2, 0) is 19.3 Å². The molecule has 0 unspecified atom stereocenters. The van der Waals surface area contributed by atoms with Gasteiger partial charge in [-0.05, 0) is 55.2 Å². The molecule has 0 radical (unpaired) electrons. The summed E-state index contributed by atoms with van der Waals surface area (Å²) in [6.45, 7) is 6.69. The lowest BCUT2D eigenvalue weighted by Gasteiger charge is -2.10. The lowest BCUT2D eigenvalue weighted by molar-refractivity contribution is 0.795. The monoisotopic (exact) mass is 477 g/mol. The molecule has 36 heavy (non-hydrogen) atoms. The summed E-state index contributed by atoms with van der Waals surface area (Å²) < 4.78 is 0. The number of nitrogens with zero attached hydrogens (tertiary/aromatic N) is 3. The molecular formula is C33H39N3. The highest BCUT2D eigenvalue weighted by atomic mass is 15.0. The van der Waals surface area contributed by atoms with Crippen LogP contribution < -0.4 is 0 Å². The Balaban J connectivity index is 1.70. The second-order valence-electron chi connectivity index (χ2n) is 9.71. The number of rotatable bonds is 12. The van der Waals surface area contributed by atoms with Crippen molar-refractivity contribution in [2.24, 2.45) is 0 Å². The molecule has 0 bridgehead atoms. The molecular weight excluding hydrogens is 438 g/mol. The van der Waals surface area contributed by atoms with Gasteiger partial charge in [0.25, 0.3) is 0 Å². The number of benzene rings is 3. The number of aryl methyl sites for hydroxylation is 3. The van der Waals surface area contributed by atoms with Crippen molar-refractivity contribution in [3.05, 3.63) is 89.5 Å². The molecule has 0 amide bonds. The molecule has 1 heterocycles. The van der Waals surface area contributed by atoms with Crippen LogP contribution in [0.4, 0.5) is 0 Å². The molecule has 1 aromatic heterocycles. The minimum absolute atomic E-state index is 0.724. The zero-order valence-corrected chi connectivity index (χ0v) is 22.1. The summed E-state index contributed by atoms with van der Waals surface area (Å²) in [5.74, 6) is 2.17. The van der Waals surface area contributed by atoms with Crippen molar-refractivity contribution >= 4 is 0 Å². The lowest BCUT2D eigenvalue weighted by atomic mass is 10.0. The fraction of sp³-hybridized carbons (Fsp3) is 0.364. The standard InChI is InChI=1S/C33H39N3/c1-4-7-10-25-13-19-28(20-14-25)31-34-32(29-21-15-26(16-22-29)11-8-5-2)36-33(35-31)30-23-17-27(18-24-30)12-9-6-3/h13-24H,4-12H2,1-3H3. The van der Waals surface area contributed by atoms with Crippen LogP contribution in [0.25, 0.3) is 34.2 Å². The van der Waals surface area contributed by atoms with Gasteiger partial charge in [0.2, 0.25) is 0 Å². The Morgan fingerprint density at radius 3 is 0.861 bits per heavy atom. The molecule has 0 aliphatic heterocycles. The SMILES string of the molecule is CCCCc1ccc(-c2nc(-c3ccc(CCCC)cc3)nc(-c3ccc(CCCC)cc3)n2)cc1. The van der Waals surface area contributed by atoms with E-state index in [1.54, 1.807) is 0 Å². The Morgan fingerprint density at radius 1 is 0.389 bits per heavy atom. The van der Waals surface area contributed by atoms with Crippen molar-refractivity contribution in [3.63, 3.8) is 0 Å². The van der Waals surface area contributed by atoms with Gasteiger partial charge in [0.1, 0.15) is 0 Å². The van der Waals surface area contributed by atoms with E-state index in [1.165, 1.54) is 55.2 Å². The number of aromatic nitrogens is 3. The molecule has 3 aromatic carbocycles. The molecule has 0 saturated carbocycles. The van der Waals surface area contributed by atoms with E-state index in [4.69, 9.17) is 15.0 Å². The summed E-state index contributed by atoms with van der Waals surface area (Å²) in [7, 11) is 0. The Morgan fingerprint density at radius 2 is 0.639 bits per heavy atom. The van der Waals surface area contributed by atoms with E-state index in [1.807, 2.05) is 0 Å². The van der Waals surface area contributed by atoms with E-state index in [0.29, 0.717) is 0 Å². The smallest absolute Gasteiger partial charge is 0.164 e. The first-order valence-electron chi connectivity index (χ1n) is 13.7. The predicted molar refractivity (Wildman–Crippen MR) is 152 cm³/mol. The van der Waals surface area contributed by atoms with Gasteiger partial charge in [-0.2, -0.15) is 0 Å².